The van der Waals surface area contributed by atoms with Crippen LogP contribution in [0.1, 0.15) is 37.3 Å². The minimum absolute atomic E-state index is 0.127. The van der Waals surface area contributed by atoms with E-state index in [0.29, 0.717) is 30.2 Å². The Labute approximate surface area is 179 Å². The van der Waals surface area contributed by atoms with Crippen molar-refractivity contribution in [1.29, 1.82) is 0 Å². The smallest absolute Gasteiger partial charge is 0.417 e. The van der Waals surface area contributed by atoms with Crippen molar-refractivity contribution in [2.24, 2.45) is 5.92 Å². The average Bonchev–Trinajstić information content (AvgIpc) is 2.67. The van der Waals surface area contributed by atoms with Gasteiger partial charge in [0, 0.05) is 24.5 Å². The Kier molecular flexibility index (Phi) is 7.42. The van der Waals surface area contributed by atoms with E-state index in [4.69, 9.17) is 16.3 Å². The predicted molar refractivity (Wildman–Crippen MR) is 111 cm³/mol. The fourth-order valence-electron chi connectivity index (χ4n) is 4.01. The molecule has 0 amide bonds. The number of carbonyl (C=O) groups is 1. The molecule has 1 unspecified atom stereocenters. The molecule has 0 bridgehead atoms. The summed E-state index contributed by atoms with van der Waals surface area (Å²) in [5, 5.41) is 0.392. The van der Waals surface area contributed by atoms with Crippen LogP contribution >= 0.6 is 11.6 Å². The van der Waals surface area contributed by atoms with Gasteiger partial charge in [-0.25, -0.2) is 0 Å². The maximum absolute atomic E-state index is 13.6. The molecule has 3 rings (SSSR count). The first kappa shape index (κ1) is 22.6. The van der Waals surface area contributed by atoms with Crippen molar-refractivity contribution in [2.45, 2.75) is 38.9 Å². The minimum atomic E-state index is -4.45. The van der Waals surface area contributed by atoms with Gasteiger partial charge in [-0.1, -0.05) is 29.8 Å². The summed E-state index contributed by atoms with van der Waals surface area (Å²) >= 11 is 6.01. The third kappa shape index (κ3) is 5.99. The highest BCUT2D eigenvalue weighted by atomic mass is 35.5. The van der Waals surface area contributed by atoms with Crippen molar-refractivity contribution in [3.05, 3.63) is 58.6 Å². The van der Waals surface area contributed by atoms with Crippen LogP contribution in [-0.2, 0) is 22.3 Å². The summed E-state index contributed by atoms with van der Waals surface area (Å²) in [5.74, 6) is 0.0155. The molecule has 3 nitrogen and oxygen atoms in total. The van der Waals surface area contributed by atoms with Gasteiger partial charge in [-0.2, -0.15) is 13.2 Å². The molecule has 1 aliphatic heterocycles. The Morgan fingerprint density at radius 2 is 2.03 bits per heavy atom. The van der Waals surface area contributed by atoms with E-state index in [1.807, 2.05) is 0 Å². The number of rotatable bonds is 6. The number of benzene rings is 2. The van der Waals surface area contributed by atoms with Gasteiger partial charge in [0.05, 0.1) is 12.2 Å². The molecule has 2 aromatic carbocycles. The summed E-state index contributed by atoms with van der Waals surface area (Å²) in [6.07, 6.45) is -2.17. The summed E-state index contributed by atoms with van der Waals surface area (Å²) in [7, 11) is 0. The van der Waals surface area contributed by atoms with Crippen LogP contribution in [0.25, 0.3) is 11.1 Å². The summed E-state index contributed by atoms with van der Waals surface area (Å²) in [5.41, 5.74) is 0.695. The molecule has 1 aliphatic rings. The maximum atomic E-state index is 13.6. The van der Waals surface area contributed by atoms with Gasteiger partial charge in [0.1, 0.15) is 0 Å². The lowest BCUT2D eigenvalue weighted by Crippen LogP contribution is -2.36. The van der Waals surface area contributed by atoms with Crippen molar-refractivity contribution in [3.8, 4) is 11.1 Å². The molecule has 0 spiro atoms. The van der Waals surface area contributed by atoms with Gasteiger partial charge >= 0.3 is 12.1 Å². The maximum Gasteiger partial charge on any atom is 0.417 e. The normalized spacial score (nSPS) is 17.7. The van der Waals surface area contributed by atoms with E-state index in [1.165, 1.54) is 6.07 Å². The van der Waals surface area contributed by atoms with Crippen LogP contribution in [0.5, 0.6) is 0 Å². The Morgan fingerprint density at radius 1 is 1.23 bits per heavy atom. The van der Waals surface area contributed by atoms with Gasteiger partial charge in [0.15, 0.2) is 0 Å². The van der Waals surface area contributed by atoms with Gasteiger partial charge in [0.2, 0.25) is 0 Å². The fraction of sp³-hybridized carbons (Fsp3) is 0.435. The highest BCUT2D eigenvalue weighted by Gasteiger charge is 2.34. The van der Waals surface area contributed by atoms with Crippen molar-refractivity contribution in [1.82, 2.24) is 4.90 Å². The Balaban J connectivity index is 1.80. The van der Waals surface area contributed by atoms with Crippen LogP contribution < -0.4 is 0 Å². The third-order valence-electron chi connectivity index (χ3n) is 5.29. The number of likely N-dealkylation sites (tertiary alicyclic amines) is 1. The monoisotopic (exact) mass is 439 g/mol. The molecule has 7 heteroatoms. The van der Waals surface area contributed by atoms with E-state index in [-0.39, 0.29) is 17.5 Å². The molecular weight excluding hydrogens is 415 g/mol. The van der Waals surface area contributed by atoms with Gasteiger partial charge < -0.3 is 4.74 Å². The van der Waals surface area contributed by atoms with Crippen LogP contribution in [0, 0.1) is 5.92 Å². The molecule has 1 fully saturated rings. The van der Waals surface area contributed by atoms with Crippen LogP contribution in [0.3, 0.4) is 0 Å². The number of piperidine rings is 1. The van der Waals surface area contributed by atoms with E-state index in [9.17, 15) is 18.0 Å². The number of carbonyl (C=O) groups excluding carboxylic acids is 1. The lowest BCUT2D eigenvalue weighted by Gasteiger charge is -2.32. The molecule has 0 saturated carbocycles. The topological polar surface area (TPSA) is 29.5 Å². The number of nitrogens with zero attached hydrogens (tertiary/aromatic N) is 1. The summed E-state index contributed by atoms with van der Waals surface area (Å²) < 4.78 is 45.8. The molecule has 30 heavy (non-hydrogen) atoms. The van der Waals surface area contributed by atoms with Crippen molar-refractivity contribution in [3.63, 3.8) is 0 Å². The van der Waals surface area contributed by atoms with Crippen LogP contribution in [-0.4, -0.2) is 30.6 Å². The molecule has 0 aromatic heterocycles. The quantitative estimate of drug-likeness (QED) is 0.502. The van der Waals surface area contributed by atoms with Gasteiger partial charge in [0.25, 0.3) is 0 Å². The molecule has 162 valence electrons. The molecule has 2 aromatic rings. The molecular formula is C23H25ClF3NO2. The second-order valence-corrected chi connectivity index (χ2v) is 8.08. The van der Waals surface area contributed by atoms with Gasteiger partial charge in [-0.3, -0.25) is 9.69 Å². The molecule has 1 saturated heterocycles. The summed E-state index contributed by atoms with van der Waals surface area (Å²) in [4.78, 5) is 14.0. The molecule has 0 radical (unpaired) electrons. The van der Waals surface area contributed by atoms with Crippen molar-refractivity contribution in [2.75, 3.05) is 19.7 Å². The van der Waals surface area contributed by atoms with E-state index in [0.717, 1.165) is 37.6 Å². The Morgan fingerprint density at radius 3 is 2.73 bits per heavy atom. The first-order valence-electron chi connectivity index (χ1n) is 10.1. The van der Waals surface area contributed by atoms with E-state index >= 15 is 0 Å². The van der Waals surface area contributed by atoms with E-state index < -0.39 is 11.7 Å². The summed E-state index contributed by atoms with van der Waals surface area (Å²) in [6, 6.07) is 10.7. The van der Waals surface area contributed by atoms with Crippen LogP contribution in [0.4, 0.5) is 13.2 Å². The number of halogens is 4. The van der Waals surface area contributed by atoms with E-state index in [2.05, 4.69) is 4.90 Å². The molecule has 0 N–H and O–H groups in total. The van der Waals surface area contributed by atoms with Crippen LogP contribution in [0.2, 0.25) is 5.02 Å². The minimum Gasteiger partial charge on any atom is -0.466 e. The van der Waals surface area contributed by atoms with Crippen LogP contribution in [0.15, 0.2) is 42.5 Å². The van der Waals surface area contributed by atoms with Crippen molar-refractivity contribution < 1.29 is 22.7 Å². The molecule has 0 aliphatic carbocycles. The SMILES string of the molecule is CCOC(=O)CC1CCCN(Cc2ccc(C(F)(F)F)c(-c3cccc(Cl)c3)c2)C1. The zero-order valence-electron chi connectivity index (χ0n) is 16.8. The largest absolute Gasteiger partial charge is 0.466 e. The zero-order valence-corrected chi connectivity index (χ0v) is 17.6. The third-order valence-corrected chi connectivity index (χ3v) is 5.53. The first-order chi connectivity index (χ1) is 14.3. The summed E-state index contributed by atoms with van der Waals surface area (Å²) in [6.45, 7) is 4.27. The lowest BCUT2D eigenvalue weighted by molar-refractivity contribution is -0.144. The lowest BCUT2D eigenvalue weighted by atomic mass is 9.93. The molecule has 1 heterocycles. The first-order valence-corrected chi connectivity index (χ1v) is 10.5. The van der Waals surface area contributed by atoms with Gasteiger partial charge in [-0.15, -0.1) is 0 Å². The Bertz CT molecular complexity index is 885. The second-order valence-electron chi connectivity index (χ2n) is 7.64. The average molecular weight is 440 g/mol. The number of hydrogen-bond donors (Lipinski definition) is 0. The number of alkyl halides is 3. The standard InChI is InChI=1S/C23H25ClF3NO2/c1-2-30-22(29)12-16-5-4-10-28(14-16)15-17-8-9-21(23(25,26)27)20(11-17)18-6-3-7-19(24)13-18/h3,6-9,11,13,16H,2,4-5,10,12,14-15H2,1H3. The highest BCUT2D eigenvalue weighted by molar-refractivity contribution is 6.30. The Hall–Kier alpha value is -2.05. The predicted octanol–water partition coefficient (Wildman–Crippen LogP) is 6.19. The van der Waals surface area contributed by atoms with E-state index in [1.54, 1.807) is 37.3 Å². The number of hydrogen-bond acceptors (Lipinski definition) is 3. The van der Waals surface area contributed by atoms with Crippen molar-refractivity contribution >= 4 is 17.6 Å². The molecule has 1 atom stereocenters. The highest BCUT2D eigenvalue weighted by Crippen LogP contribution is 2.38. The fourth-order valence-corrected chi connectivity index (χ4v) is 4.20. The second kappa shape index (κ2) is 9.84. The number of esters is 1. The zero-order chi connectivity index (χ0) is 21.7. The van der Waals surface area contributed by atoms with Gasteiger partial charge in [-0.05, 0) is 73.2 Å². The number of ether oxygens (including phenoxy) is 1.